The first-order valence-corrected chi connectivity index (χ1v) is 7.29. The summed E-state index contributed by atoms with van der Waals surface area (Å²) in [5, 5.41) is 0.254. The zero-order valence-corrected chi connectivity index (χ0v) is 13.2. The maximum atomic E-state index is 12.1. The maximum Gasteiger partial charge on any atom is 0.254 e. The molecule has 0 fully saturated rings. The highest BCUT2D eigenvalue weighted by atomic mass is 35.5. The van der Waals surface area contributed by atoms with Crippen molar-refractivity contribution in [2.75, 3.05) is 7.11 Å². The van der Waals surface area contributed by atoms with E-state index >= 15 is 0 Å². The Kier molecular flexibility index (Phi) is 5.02. The van der Waals surface area contributed by atoms with Gasteiger partial charge >= 0.3 is 0 Å². The maximum absolute atomic E-state index is 12.1. The third-order valence-electron chi connectivity index (χ3n) is 3.31. The summed E-state index contributed by atoms with van der Waals surface area (Å²) in [7, 11) is 1.64. The van der Waals surface area contributed by atoms with Gasteiger partial charge in [-0.2, -0.15) is 0 Å². The van der Waals surface area contributed by atoms with Crippen LogP contribution in [0.4, 0.5) is 0 Å². The molecule has 5 heteroatoms. The van der Waals surface area contributed by atoms with Gasteiger partial charge in [0.15, 0.2) is 0 Å². The number of rotatable bonds is 5. The smallest absolute Gasteiger partial charge is 0.254 e. The third-order valence-corrected chi connectivity index (χ3v) is 3.50. The SMILES string of the molecule is COc1ccc(CCn2c(C(C)C)nc(Cl)cc2=O)cc1. The lowest BCUT2D eigenvalue weighted by Crippen LogP contribution is -2.26. The standard InChI is InChI=1S/C16H19ClN2O2/c1-11(2)16-18-14(17)10-15(20)19(16)9-8-12-4-6-13(21-3)7-5-12/h4-7,10-11H,8-9H2,1-3H3. The van der Waals surface area contributed by atoms with E-state index in [-0.39, 0.29) is 16.6 Å². The molecule has 112 valence electrons. The van der Waals surface area contributed by atoms with E-state index in [1.807, 2.05) is 38.1 Å². The van der Waals surface area contributed by atoms with Gasteiger partial charge in [-0.1, -0.05) is 37.6 Å². The number of nitrogens with zero attached hydrogens (tertiary/aromatic N) is 2. The third kappa shape index (κ3) is 3.85. The molecule has 4 nitrogen and oxygen atoms in total. The molecule has 0 N–H and O–H groups in total. The molecule has 1 aromatic heterocycles. The van der Waals surface area contributed by atoms with Gasteiger partial charge in [0.25, 0.3) is 5.56 Å². The molecule has 2 aromatic rings. The van der Waals surface area contributed by atoms with E-state index < -0.39 is 0 Å². The van der Waals surface area contributed by atoms with Crippen LogP contribution in [0.1, 0.15) is 31.2 Å². The summed E-state index contributed by atoms with van der Waals surface area (Å²) in [4.78, 5) is 16.4. The van der Waals surface area contributed by atoms with Crippen molar-refractivity contribution in [2.24, 2.45) is 0 Å². The molecule has 0 saturated heterocycles. The minimum absolute atomic E-state index is 0.104. The van der Waals surface area contributed by atoms with Crippen molar-refractivity contribution in [2.45, 2.75) is 32.7 Å². The fourth-order valence-electron chi connectivity index (χ4n) is 2.19. The van der Waals surface area contributed by atoms with Crippen molar-refractivity contribution in [1.82, 2.24) is 9.55 Å². The molecule has 2 rings (SSSR count). The fraction of sp³-hybridized carbons (Fsp3) is 0.375. The van der Waals surface area contributed by atoms with Gasteiger partial charge in [-0.05, 0) is 24.1 Å². The summed E-state index contributed by atoms with van der Waals surface area (Å²) >= 11 is 5.88. The second kappa shape index (κ2) is 6.76. The molecule has 0 saturated carbocycles. The lowest BCUT2D eigenvalue weighted by Gasteiger charge is -2.14. The monoisotopic (exact) mass is 306 g/mol. The number of hydrogen-bond acceptors (Lipinski definition) is 3. The molecular formula is C16H19ClN2O2. The Balaban J connectivity index is 2.21. The number of aromatic nitrogens is 2. The summed E-state index contributed by atoms with van der Waals surface area (Å²) in [6.45, 7) is 4.59. The number of ether oxygens (including phenoxy) is 1. The van der Waals surface area contributed by atoms with Crippen LogP contribution in [0.3, 0.4) is 0 Å². The highest BCUT2D eigenvalue weighted by molar-refractivity contribution is 6.29. The number of hydrogen-bond donors (Lipinski definition) is 0. The van der Waals surface area contributed by atoms with Gasteiger partial charge < -0.3 is 4.74 Å². The molecule has 0 amide bonds. The molecule has 0 aliphatic rings. The van der Waals surface area contributed by atoms with Crippen molar-refractivity contribution in [3.05, 3.63) is 57.2 Å². The molecule has 1 aromatic carbocycles. The minimum atomic E-state index is -0.104. The second-order valence-corrected chi connectivity index (χ2v) is 5.57. The van der Waals surface area contributed by atoms with E-state index in [9.17, 15) is 4.79 Å². The van der Waals surface area contributed by atoms with Crippen LogP contribution in [-0.2, 0) is 13.0 Å². The first kappa shape index (κ1) is 15.6. The summed E-state index contributed by atoms with van der Waals surface area (Å²) in [6.07, 6.45) is 0.757. The van der Waals surface area contributed by atoms with Crippen LogP contribution in [0.15, 0.2) is 35.1 Å². The first-order chi connectivity index (χ1) is 10.0. The van der Waals surface area contributed by atoms with Crippen LogP contribution >= 0.6 is 11.6 Å². The van der Waals surface area contributed by atoms with E-state index in [1.54, 1.807) is 11.7 Å². The van der Waals surface area contributed by atoms with Crippen molar-refractivity contribution in [1.29, 1.82) is 0 Å². The topological polar surface area (TPSA) is 44.1 Å². The molecule has 0 radical (unpaired) electrons. The van der Waals surface area contributed by atoms with Crippen molar-refractivity contribution in [3.63, 3.8) is 0 Å². The van der Waals surface area contributed by atoms with Gasteiger partial charge in [-0.3, -0.25) is 9.36 Å². The van der Waals surface area contributed by atoms with Crippen LogP contribution in [0.5, 0.6) is 5.75 Å². The zero-order valence-electron chi connectivity index (χ0n) is 12.5. The lowest BCUT2D eigenvalue weighted by atomic mass is 10.1. The van der Waals surface area contributed by atoms with Gasteiger partial charge in [0, 0.05) is 18.5 Å². The molecule has 1 heterocycles. The van der Waals surface area contributed by atoms with Gasteiger partial charge in [0.2, 0.25) is 0 Å². The van der Waals surface area contributed by atoms with E-state index in [0.717, 1.165) is 23.6 Å². The highest BCUT2D eigenvalue weighted by Gasteiger charge is 2.11. The number of aryl methyl sites for hydroxylation is 1. The van der Waals surface area contributed by atoms with Gasteiger partial charge in [-0.25, -0.2) is 4.98 Å². The lowest BCUT2D eigenvalue weighted by molar-refractivity contribution is 0.414. The Labute approximate surface area is 129 Å². The number of methoxy groups -OCH3 is 1. The molecule has 0 atom stereocenters. The Hall–Kier alpha value is -1.81. The van der Waals surface area contributed by atoms with Crippen LogP contribution in [-0.4, -0.2) is 16.7 Å². The minimum Gasteiger partial charge on any atom is -0.497 e. The predicted octanol–water partition coefficient (Wildman–Crippen LogP) is 3.27. The van der Waals surface area contributed by atoms with Gasteiger partial charge in [-0.15, -0.1) is 0 Å². The summed E-state index contributed by atoms with van der Waals surface area (Å²) in [5.74, 6) is 1.69. The molecule has 21 heavy (non-hydrogen) atoms. The normalized spacial score (nSPS) is 10.9. The van der Waals surface area contributed by atoms with Crippen LogP contribution in [0, 0.1) is 0 Å². The van der Waals surface area contributed by atoms with E-state index in [4.69, 9.17) is 16.3 Å². The largest absolute Gasteiger partial charge is 0.497 e. The molecule has 0 unspecified atom stereocenters. The van der Waals surface area contributed by atoms with Crippen LogP contribution in [0.25, 0.3) is 0 Å². The quantitative estimate of drug-likeness (QED) is 0.796. The summed E-state index contributed by atoms with van der Waals surface area (Å²) in [5.41, 5.74) is 1.04. The molecule has 0 bridgehead atoms. The van der Waals surface area contributed by atoms with Crippen molar-refractivity contribution < 1.29 is 4.74 Å². The van der Waals surface area contributed by atoms with E-state index in [1.165, 1.54) is 6.07 Å². The van der Waals surface area contributed by atoms with Crippen molar-refractivity contribution >= 4 is 11.6 Å². The molecule has 0 aliphatic carbocycles. The zero-order chi connectivity index (χ0) is 15.4. The van der Waals surface area contributed by atoms with E-state index in [0.29, 0.717) is 6.54 Å². The number of halogens is 1. The first-order valence-electron chi connectivity index (χ1n) is 6.91. The summed E-state index contributed by atoms with van der Waals surface area (Å²) in [6, 6.07) is 9.20. The second-order valence-electron chi connectivity index (χ2n) is 5.18. The van der Waals surface area contributed by atoms with E-state index in [2.05, 4.69) is 4.98 Å². The molecule has 0 aliphatic heterocycles. The Morgan fingerprint density at radius 1 is 1.29 bits per heavy atom. The molecular weight excluding hydrogens is 288 g/mol. The molecule has 0 spiro atoms. The Morgan fingerprint density at radius 2 is 1.95 bits per heavy atom. The van der Waals surface area contributed by atoms with Crippen molar-refractivity contribution in [3.8, 4) is 5.75 Å². The number of benzene rings is 1. The highest BCUT2D eigenvalue weighted by Crippen LogP contribution is 2.15. The van der Waals surface area contributed by atoms with Gasteiger partial charge in [0.1, 0.15) is 16.7 Å². The average molecular weight is 307 g/mol. The summed E-state index contributed by atoms with van der Waals surface area (Å²) < 4.78 is 6.83. The fourth-order valence-corrected chi connectivity index (χ4v) is 2.37. The van der Waals surface area contributed by atoms with Crippen LogP contribution in [0.2, 0.25) is 5.15 Å². The Morgan fingerprint density at radius 3 is 2.52 bits per heavy atom. The average Bonchev–Trinajstić information content (AvgIpc) is 2.46. The van der Waals surface area contributed by atoms with Gasteiger partial charge in [0.05, 0.1) is 7.11 Å². The van der Waals surface area contributed by atoms with Crippen LogP contribution < -0.4 is 10.3 Å². The predicted molar refractivity (Wildman–Crippen MR) is 84.3 cm³/mol. The Bertz CT molecular complexity index is 663.